The van der Waals surface area contributed by atoms with Gasteiger partial charge < -0.3 is 23.4 Å². The minimum atomic E-state index is -2.15. The molecule has 33 heavy (non-hydrogen) atoms. The summed E-state index contributed by atoms with van der Waals surface area (Å²) in [5.74, 6) is 0.513. The molecule has 2 saturated carbocycles. The van der Waals surface area contributed by atoms with Crippen LogP contribution in [-0.4, -0.2) is 61.2 Å². The molecule has 2 fully saturated rings. The fourth-order valence-electron chi connectivity index (χ4n) is 6.25. The van der Waals surface area contributed by atoms with Crippen LogP contribution in [0.1, 0.15) is 34.1 Å². The molecule has 0 aliphatic heterocycles. The quantitative estimate of drug-likeness (QED) is 0.183. The molecule has 2 bridgehead atoms. The molecule has 0 N–H and O–H groups in total. The third-order valence-corrected chi connectivity index (χ3v) is 13.3. The van der Waals surface area contributed by atoms with Gasteiger partial charge in [0.15, 0.2) is 14.1 Å². The average molecular weight is 481 g/mol. The van der Waals surface area contributed by atoms with Gasteiger partial charge in [0.25, 0.3) is 0 Å². The van der Waals surface area contributed by atoms with Gasteiger partial charge in [0, 0.05) is 26.1 Å². The van der Waals surface area contributed by atoms with Gasteiger partial charge in [0.2, 0.25) is 0 Å². The van der Waals surface area contributed by atoms with Gasteiger partial charge in [0.1, 0.15) is 13.6 Å². The predicted octanol–water partition coefficient (Wildman–Crippen LogP) is 4.82. The number of hydrogen-bond donors (Lipinski definition) is 0. The first-order valence-corrected chi connectivity index (χ1v) is 15.0. The number of Topliss-reactive ketones (excluding diaryl/α,β-unsaturated/α-hetero) is 1. The maximum atomic E-state index is 14.5. The normalized spacial score (nSPS) is 38.1. The van der Waals surface area contributed by atoms with Gasteiger partial charge in [-0.1, -0.05) is 39.0 Å². The molecule has 0 spiro atoms. The molecule has 188 valence electrons. The summed E-state index contributed by atoms with van der Waals surface area (Å²) in [7, 11) is 1.06. The van der Waals surface area contributed by atoms with Crippen molar-refractivity contribution in [2.24, 2.45) is 34.5 Å². The van der Waals surface area contributed by atoms with Crippen molar-refractivity contribution >= 4 is 14.1 Å². The summed E-state index contributed by atoms with van der Waals surface area (Å²) in [6.07, 6.45) is 7.28. The smallest absolute Gasteiger partial charge is 0.192 e. The number of ketones is 1. The summed E-state index contributed by atoms with van der Waals surface area (Å²) in [4.78, 5) is 14.5. The van der Waals surface area contributed by atoms with Crippen molar-refractivity contribution in [3.05, 3.63) is 24.8 Å². The SMILES string of the molecule is C=C[C@H]1[C@H](O[Si](C)(C)C(C)(C)C)[C@@H]2[C@@H]3C=C[C@@H](C3)[C@]2(COCOC)C(=O)[C@@]1(C)COCOC. The van der Waals surface area contributed by atoms with E-state index in [1.54, 1.807) is 14.2 Å². The van der Waals surface area contributed by atoms with Crippen molar-refractivity contribution in [2.45, 2.75) is 58.4 Å². The molecule has 3 aliphatic carbocycles. The van der Waals surface area contributed by atoms with Crippen molar-refractivity contribution < 1.29 is 28.2 Å². The number of hydrogen-bond acceptors (Lipinski definition) is 6. The Morgan fingerprint density at radius 3 is 2.27 bits per heavy atom. The van der Waals surface area contributed by atoms with Gasteiger partial charge in [-0.2, -0.15) is 0 Å². The van der Waals surface area contributed by atoms with E-state index in [4.69, 9.17) is 23.4 Å². The molecule has 0 amide bonds. The highest BCUT2D eigenvalue weighted by Gasteiger charge is 2.71. The Morgan fingerprint density at radius 2 is 1.73 bits per heavy atom. The van der Waals surface area contributed by atoms with E-state index in [0.29, 0.717) is 12.5 Å². The summed E-state index contributed by atoms with van der Waals surface area (Å²) < 4.78 is 29.4. The molecule has 3 aliphatic rings. The summed E-state index contributed by atoms with van der Waals surface area (Å²) >= 11 is 0. The molecule has 0 saturated heterocycles. The Morgan fingerprint density at radius 1 is 1.12 bits per heavy atom. The summed E-state index contributed by atoms with van der Waals surface area (Å²) in [5.41, 5.74) is -1.45. The molecule has 7 heteroatoms. The van der Waals surface area contributed by atoms with Crippen LogP contribution in [0.25, 0.3) is 0 Å². The molecule has 0 aromatic heterocycles. The number of allylic oxidation sites excluding steroid dienone is 2. The van der Waals surface area contributed by atoms with Gasteiger partial charge in [-0.25, -0.2) is 0 Å². The molecule has 0 heterocycles. The third kappa shape index (κ3) is 4.34. The fraction of sp³-hybridized carbons (Fsp3) is 0.808. The average Bonchev–Trinajstić information content (AvgIpc) is 3.32. The van der Waals surface area contributed by atoms with Crippen molar-refractivity contribution in [1.82, 2.24) is 0 Å². The van der Waals surface area contributed by atoms with Crippen LogP contribution in [0.2, 0.25) is 18.1 Å². The minimum Gasteiger partial charge on any atom is -0.413 e. The highest BCUT2D eigenvalue weighted by Crippen LogP contribution is 2.66. The Bertz CT molecular complexity index is 758. The zero-order valence-corrected chi connectivity index (χ0v) is 22.8. The second-order valence-electron chi connectivity index (χ2n) is 11.8. The lowest BCUT2D eigenvalue weighted by Gasteiger charge is -2.58. The van der Waals surface area contributed by atoms with Crippen LogP contribution in [0.3, 0.4) is 0 Å². The van der Waals surface area contributed by atoms with Gasteiger partial charge in [-0.05, 0) is 43.3 Å². The van der Waals surface area contributed by atoms with E-state index in [1.807, 2.05) is 13.0 Å². The first-order valence-electron chi connectivity index (χ1n) is 12.1. The van der Waals surface area contributed by atoms with Crippen molar-refractivity contribution in [3.63, 3.8) is 0 Å². The Hall–Kier alpha value is -0.833. The van der Waals surface area contributed by atoms with Gasteiger partial charge in [-0.3, -0.25) is 4.79 Å². The molecule has 3 rings (SSSR count). The van der Waals surface area contributed by atoms with Crippen molar-refractivity contribution in [3.8, 4) is 0 Å². The molecule has 0 aromatic carbocycles. The molecule has 0 radical (unpaired) electrons. The molecule has 7 atom stereocenters. The van der Waals surface area contributed by atoms with Crippen LogP contribution in [-0.2, 0) is 28.2 Å². The van der Waals surface area contributed by atoms with Crippen LogP contribution in [0.5, 0.6) is 0 Å². The van der Waals surface area contributed by atoms with Gasteiger partial charge in [-0.15, -0.1) is 6.58 Å². The number of rotatable bonds is 11. The zero-order chi connectivity index (χ0) is 24.7. The second-order valence-corrected chi connectivity index (χ2v) is 16.6. The summed E-state index contributed by atoms with van der Waals surface area (Å²) in [6, 6.07) is 0. The van der Waals surface area contributed by atoms with E-state index in [9.17, 15) is 4.79 Å². The van der Waals surface area contributed by atoms with Crippen LogP contribution in [0.15, 0.2) is 24.8 Å². The van der Waals surface area contributed by atoms with Crippen LogP contribution >= 0.6 is 0 Å². The lowest BCUT2D eigenvalue weighted by molar-refractivity contribution is -0.188. The molecular weight excluding hydrogens is 436 g/mol. The summed E-state index contributed by atoms with van der Waals surface area (Å²) in [5, 5.41) is 0.0474. The van der Waals surface area contributed by atoms with E-state index in [2.05, 4.69) is 52.6 Å². The molecule has 0 aromatic rings. The topological polar surface area (TPSA) is 63.2 Å². The monoisotopic (exact) mass is 480 g/mol. The Balaban J connectivity index is 2.13. The number of carbonyl (C=O) groups is 1. The highest BCUT2D eigenvalue weighted by molar-refractivity contribution is 6.74. The first kappa shape index (κ1) is 26.8. The zero-order valence-electron chi connectivity index (χ0n) is 21.8. The largest absolute Gasteiger partial charge is 0.413 e. The number of methoxy groups -OCH3 is 2. The maximum absolute atomic E-state index is 14.5. The van der Waals surface area contributed by atoms with Crippen LogP contribution in [0.4, 0.5) is 0 Å². The second kappa shape index (κ2) is 9.67. The fourth-order valence-corrected chi connectivity index (χ4v) is 7.58. The van der Waals surface area contributed by atoms with Gasteiger partial charge in [0.05, 0.1) is 30.1 Å². The van der Waals surface area contributed by atoms with Crippen molar-refractivity contribution in [1.29, 1.82) is 0 Å². The van der Waals surface area contributed by atoms with Crippen molar-refractivity contribution in [2.75, 3.05) is 41.0 Å². The molecule has 6 nitrogen and oxygen atoms in total. The maximum Gasteiger partial charge on any atom is 0.192 e. The number of fused-ring (bicyclic) bond motifs is 5. The third-order valence-electron chi connectivity index (χ3n) is 8.86. The first-order chi connectivity index (χ1) is 15.4. The number of ether oxygens (including phenoxy) is 4. The molecule has 0 unspecified atom stereocenters. The molecular formula is C26H44O6Si. The van der Waals surface area contributed by atoms with Gasteiger partial charge >= 0.3 is 0 Å². The minimum absolute atomic E-state index is 0.0458. The van der Waals surface area contributed by atoms with E-state index in [1.165, 1.54) is 0 Å². The van der Waals surface area contributed by atoms with E-state index < -0.39 is 19.1 Å². The highest BCUT2D eigenvalue weighted by atomic mass is 28.4. The Kier molecular flexibility index (Phi) is 7.84. The lowest BCUT2D eigenvalue weighted by Crippen LogP contribution is -2.67. The van der Waals surface area contributed by atoms with Crippen LogP contribution in [0, 0.1) is 34.5 Å². The van der Waals surface area contributed by atoms with Crippen LogP contribution < -0.4 is 0 Å². The predicted molar refractivity (Wildman–Crippen MR) is 131 cm³/mol. The number of carbonyl (C=O) groups excluding carboxylic acids is 1. The lowest BCUT2D eigenvalue weighted by atomic mass is 9.49. The summed E-state index contributed by atoms with van der Waals surface area (Å²) in [6.45, 7) is 18.4. The van der Waals surface area contributed by atoms with E-state index >= 15 is 0 Å². The Labute approximate surface area is 201 Å². The standard InChI is InChI=1S/C26H44O6Si/c1-10-20-22(32-33(8,9)24(2,3)4)21-18-11-12-19(13-18)26(21,15-31-17-29-7)23(27)25(20,5)14-30-16-28-6/h10-12,18-22H,1,13-17H2,2-9H3/t18-,19+,20+,21+,22+,25+,26+/m1/s1. The van der Waals surface area contributed by atoms with E-state index in [0.717, 1.165) is 6.42 Å². The van der Waals surface area contributed by atoms with E-state index in [-0.39, 0.29) is 54.9 Å².